The van der Waals surface area contributed by atoms with Gasteiger partial charge in [0.2, 0.25) is 5.91 Å². The quantitative estimate of drug-likeness (QED) is 0.111. The van der Waals surface area contributed by atoms with Crippen molar-refractivity contribution in [2.45, 2.75) is 64.3 Å². The number of anilines is 1. The molecule has 15 heteroatoms. The molecule has 0 saturated carbocycles. The number of guanidine groups is 1. The van der Waals surface area contributed by atoms with Gasteiger partial charge in [0.1, 0.15) is 6.04 Å². The van der Waals surface area contributed by atoms with Gasteiger partial charge in [-0.05, 0) is 50.5 Å². The van der Waals surface area contributed by atoms with E-state index in [0.717, 1.165) is 4.90 Å². The van der Waals surface area contributed by atoms with Crippen molar-refractivity contribution in [3.63, 3.8) is 0 Å². The lowest BCUT2D eigenvalue weighted by atomic mass is 10.00. The van der Waals surface area contributed by atoms with Gasteiger partial charge in [-0.3, -0.25) is 24.2 Å². The van der Waals surface area contributed by atoms with Gasteiger partial charge >= 0.3 is 18.1 Å². The number of aryl methyl sites for hydroxylation is 1. The molecule has 2 atom stereocenters. The van der Waals surface area contributed by atoms with Crippen molar-refractivity contribution in [3.05, 3.63) is 65.2 Å². The fraction of sp³-hybridized carbons (Fsp3) is 0.400. The summed E-state index contributed by atoms with van der Waals surface area (Å²) in [5.74, 6) is -5.77. The second-order valence-electron chi connectivity index (χ2n) is 10.6. The van der Waals surface area contributed by atoms with E-state index in [0.29, 0.717) is 11.1 Å². The number of nitrogens with one attached hydrogen (secondary N) is 1. The number of fused-ring (bicyclic) bond motifs is 1. The maximum atomic E-state index is 14.3. The number of carbonyl (C=O) groups is 5. The van der Waals surface area contributed by atoms with Crippen LogP contribution in [0.4, 0.5) is 18.9 Å². The number of aliphatic imine (C=N–C) groups is 1. The first-order valence-electron chi connectivity index (χ1n) is 14.1. The normalized spacial score (nSPS) is 15.7. The molecule has 0 aliphatic carbocycles. The maximum Gasteiger partial charge on any atom is 0.491 e. The standard InChI is InChI=1S/C30H35F3N6O6/c1-17(2)38-22-11-9-19(10-12-23(40)36-13-14-37-29(34)35)16-21(22)26(42)39(25(27(38)43)20-7-5-4-6-8-20)18(3)15-24(41)45-28(44)30(31,32)33/h4-9,11,16-18,25H,10,12-15H2,1-3H3,(H,36,40)(H4,34,35,37). The van der Waals surface area contributed by atoms with E-state index in [1.807, 2.05) is 0 Å². The Labute approximate surface area is 257 Å². The van der Waals surface area contributed by atoms with Gasteiger partial charge in [-0.15, -0.1) is 0 Å². The molecule has 3 rings (SSSR count). The van der Waals surface area contributed by atoms with Gasteiger partial charge in [0, 0.05) is 25.0 Å². The number of nitrogens with two attached hydrogens (primary N) is 2. The van der Waals surface area contributed by atoms with Crippen molar-refractivity contribution in [1.29, 1.82) is 0 Å². The van der Waals surface area contributed by atoms with E-state index in [2.05, 4.69) is 15.0 Å². The smallest absolute Gasteiger partial charge is 0.386 e. The van der Waals surface area contributed by atoms with Gasteiger partial charge < -0.3 is 31.3 Å². The number of alkyl halides is 3. The van der Waals surface area contributed by atoms with Crippen LogP contribution in [0.2, 0.25) is 0 Å². The van der Waals surface area contributed by atoms with Crippen molar-refractivity contribution >= 4 is 41.3 Å². The van der Waals surface area contributed by atoms with E-state index in [4.69, 9.17) is 11.5 Å². The molecule has 2 aromatic rings. The first-order valence-corrected chi connectivity index (χ1v) is 14.1. The summed E-state index contributed by atoms with van der Waals surface area (Å²) in [4.78, 5) is 70.9. The van der Waals surface area contributed by atoms with Crippen LogP contribution in [0.25, 0.3) is 0 Å². The molecule has 1 heterocycles. The van der Waals surface area contributed by atoms with Crippen molar-refractivity contribution in [1.82, 2.24) is 10.2 Å². The Morgan fingerprint density at radius 3 is 2.31 bits per heavy atom. The number of halogens is 3. The lowest BCUT2D eigenvalue weighted by molar-refractivity contribution is -0.202. The van der Waals surface area contributed by atoms with Crippen LogP contribution >= 0.6 is 0 Å². The number of amides is 3. The molecule has 0 spiro atoms. The number of carbonyl (C=O) groups excluding carboxylic acids is 5. The summed E-state index contributed by atoms with van der Waals surface area (Å²) in [6, 6.07) is 10.2. The molecule has 0 fully saturated rings. The molecule has 0 aromatic heterocycles. The number of benzene rings is 2. The van der Waals surface area contributed by atoms with Crippen LogP contribution in [-0.4, -0.2) is 71.9 Å². The Kier molecular flexibility index (Phi) is 11.3. The minimum atomic E-state index is -5.39. The van der Waals surface area contributed by atoms with Gasteiger partial charge in [0.25, 0.3) is 11.8 Å². The van der Waals surface area contributed by atoms with Crippen LogP contribution in [0, 0.1) is 0 Å². The Morgan fingerprint density at radius 2 is 1.71 bits per heavy atom. The van der Waals surface area contributed by atoms with Crippen molar-refractivity contribution in [3.8, 4) is 0 Å². The minimum Gasteiger partial charge on any atom is -0.386 e. The number of esters is 2. The zero-order valence-corrected chi connectivity index (χ0v) is 25.0. The van der Waals surface area contributed by atoms with Crippen LogP contribution in [0.1, 0.15) is 61.1 Å². The Bertz CT molecular complexity index is 1460. The summed E-state index contributed by atoms with van der Waals surface area (Å²) in [5, 5.41) is 2.68. The van der Waals surface area contributed by atoms with Crippen LogP contribution in [0.3, 0.4) is 0 Å². The van der Waals surface area contributed by atoms with Gasteiger partial charge in [0.05, 0.1) is 24.2 Å². The third-order valence-corrected chi connectivity index (χ3v) is 6.91. The molecule has 3 amide bonds. The highest BCUT2D eigenvalue weighted by Crippen LogP contribution is 2.38. The number of ether oxygens (including phenoxy) is 1. The van der Waals surface area contributed by atoms with Crippen LogP contribution in [0.15, 0.2) is 53.5 Å². The van der Waals surface area contributed by atoms with E-state index in [9.17, 15) is 37.1 Å². The summed E-state index contributed by atoms with van der Waals surface area (Å²) in [6.07, 6.45) is -5.90. The third-order valence-electron chi connectivity index (χ3n) is 6.91. The summed E-state index contributed by atoms with van der Waals surface area (Å²) in [7, 11) is 0. The molecular weight excluding hydrogens is 597 g/mol. The van der Waals surface area contributed by atoms with Crippen molar-refractivity contribution in [2.75, 3.05) is 18.0 Å². The molecule has 12 nitrogen and oxygen atoms in total. The Balaban J connectivity index is 1.99. The van der Waals surface area contributed by atoms with Crippen LogP contribution in [-0.2, 0) is 30.3 Å². The Morgan fingerprint density at radius 1 is 1.04 bits per heavy atom. The molecule has 0 bridgehead atoms. The molecule has 2 aromatic carbocycles. The summed E-state index contributed by atoms with van der Waals surface area (Å²) >= 11 is 0. The Hall–Kier alpha value is -4.95. The fourth-order valence-electron chi connectivity index (χ4n) is 4.94. The summed E-state index contributed by atoms with van der Waals surface area (Å²) < 4.78 is 42.1. The zero-order valence-electron chi connectivity index (χ0n) is 25.0. The number of hydrogen-bond acceptors (Lipinski definition) is 7. The lowest BCUT2D eigenvalue weighted by Gasteiger charge is -2.36. The average Bonchev–Trinajstić information content (AvgIpc) is 3.05. The molecule has 0 radical (unpaired) electrons. The lowest BCUT2D eigenvalue weighted by Crippen LogP contribution is -2.48. The predicted molar refractivity (Wildman–Crippen MR) is 158 cm³/mol. The number of hydrogen-bond donors (Lipinski definition) is 3. The van der Waals surface area contributed by atoms with E-state index < -0.39 is 54.5 Å². The third kappa shape index (κ3) is 8.80. The number of nitrogens with zero attached hydrogens (tertiary/aromatic N) is 3. The molecule has 0 saturated heterocycles. The van der Waals surface area contributed by atoms with Gasteiger partial charge in [-0.25, -0.2) is 4.79 Å². The molecule has 5 N–H and O–H groups in total. The highest BCUT2D eigenvalue weighted by Gasteiger charge is 2.45. The van der Waals surface area contributed by atoms with E-state index >= 15 is 0 Å². The van der Waals surface area contributed by atoms with Crippen LogP contribution < -0.4 is 21.7 Å². The first-order chi connectivity index (χ1) is 21.1. The first kappa shape index (κ1) is 34.5. The molecule has 2 unspecified atom stereocenters. The summed E-state index contributed by atoms with van der Waals surface area (Å²) in [6.45, 7) is 5.31. The number of rotatable bonds is 11. The zero-order chi connectivity index (χ0) is 33.5. The van der Waals surface area contributed by atoms with E-state index in [1.165, 1.54) is 11.8 Å². The SMILES string of the molecule is CC(C)N1C(=O)C(c2ccccc2)N(C(C)CC(=O)OC(=O)C(F)(F)F)C(=O)c2cc(CCC(=O)NCCN=C(N)N)ccc21. The van der Waals surface area contributed by atoms with Crippen LogP contribution in [0.5, 0.6) is 0 Å². The summed E-state index contributed by atoms with van der Waals surface area (Å²) in [5.41, 5.74) is 11.9. The van der Waals surface area contributed by atoms with Gasteiger partial charge in [-0.1, -0.05) is 36.4 Å². The minimum absolute atomic E-state index is 0.0630. The fourth-order valence-corrected chi connectivity index (χ4v) is 4.94. The molecule has 45 heavy (non-hydrogen) atoms. The average molecular weight is 633 g/mol. The van der Waals surface area contributed by atoms with E-state index in [-0.39, 0.29) is 49.0 Å². The second kappa shape index (κ2) is 14.7. The van der Waals surface area contributed by atoms with Gasteiger partial charge in [0.15, 0.2) is 5.96 Å². The second-order valence-corrected chi connectivity index (χ2v) is 10.6. The van der Waals surface area contributed by atoms with Crippen molar-refractivity contribution < 1.29 is 41.9 Å². The maximum absolute atomic E-state index is 14.3. The molecular formula is C30H35F3N6O6. The highest BCUT2D eigenvalue weighted by molar-refractivity contribution is 6.11. The molecule has 1 aliphatic heterocycles. The van der Waals surface area contributed by atoms with Gasteiger partial charge in [-0.2, -0.15) is 13.2 Å². The van der Waals surface area contributed by atoms with Crippen molar-refractivity contribution in [2.24, 2.45) is 16.5 Å². The molecule has 1 aliphatic rings. The monoisotopic (exact) mass is 632 g/mol. The topological polar surface area (TPSA) is 177 Å². The van der Waals surface area contributed by atoms with E-state index in [1.54, 1.807) is 62.4 Å². The molecule has 242 valence electrons. The largest absolute Gasteiger partial charge is 0.491 e. The predicted octanol–water partition coefficient (Wildman–Crippen LogP) is 2.36. The highest BCUT2D eigenvalue weighted by atomic mass is 19.4.